The number of nitrogens with zero attached hydrogens (tertiary/aromatic N) is 3. The molecule has 2 N–H and O–H groups in total. The van der Waals surface area contributed by atoms with Gasteiger partial charge in [-0.25, -0.2) is 4.39 Å². The maximum atomic E-state index is 13.0. The Labute approximate surface area is 106 Å². The summed E-state index contributed by atoms with van der Waals surface area (Å²) in [5.41, 5.74) is 8.46. The number of aliphatic hydroxyl groups is 2. The molecule has 1 rings (SSSR count). The van der Waals surface area contributed by atoms with Crippen LogP contribution in [0.25, 0.3) is 10.4 Å². The summed E-state index contributed by atoms with van der Waals surface area (Å²) in [5, 5.41) is 22.7. The molecule has 5 nitrogen and oxygen atoms in total. The smallest absolute Gasteiger partial charge is 0.137 e. The molecular formula is C10H11BrFN3O2. The Morgan fingerprint density at radius 3 is 2.76 bits per heavy atom. The maximum absolute atomic E-state index is 13.0. The Balaban J connectivity index is 2.70. The highest BCUT2D eigenvalue weighted by Gasteiger charge is 2.18. The zero-order chi connectivity index (χ0) is 12.8. The quantitative estimate of drug-likeness (QED) is 0.497. The largest absolute Gasteiger partial charge is 0.390 e. The summed E-state index contributed by atoms with van der Waals surface area (Å²) in [7, 11) is 0. The van der Waals surface area contributed by atoms with Crippen LogP contribution in [-0.4, -0.2) is 22.9 Å². The topological polar surface area (TPSA) is 89.2 Å². The SMILES string of the molecule is [N-]=[N+]=NCCC(O)C(O)c1ccc(F)c(Br)c1. The van der Waals surface area contributed by atoms with Crippen molar-refractivity contribution in [1.82, 2.24) is 0 Å². The zero-order valence-electron chi connectivity index (χ0n) is 8.79. The molecule has 0 spiro atoms. The molecule has 0 aliphatic heterocycles. The second-order valence-electron chi connectivity index (χ2n) is 3.43. The molecule has 0 saturated carbocycles. The van der Waals surface area contributed by atoms with Gasteiger partial charge < -0.3 is 10.2 Å². The Morgan fingerprint density at radius 1 is 1.47 bits per heavy atom. The van der Waals surface area contributed by atoms with Gasteiger partial charge in [0.15, 0.2) is 0 Å². The average molecular weight is 304 g/mol. The van der Waals surface area contributed by atoms with Crippen LogP contribution in [0.5, 0.6) is 0 Å². The number of hydrogen-bond donors (Lipinski definition) is 2. The summed E-state index contributed by atoms with van der Waals surface area (Å²) in [6.07, 6.45) is -2.06. The minimum absolute atomic E-state index is 0.0943. The molecule has 0 radical (unpaired) electrons. The summed E-state index contributed by atoms with van der Waals surface area (Å²) in [5.74, 6) is -0.440. The molecular weight excluding hydrogens is 293 g/mol. The van der Waals surface area contributed by atoms with Crippen LogP contribution in [0.1, 0.15) is 18.1 Å². The third-order valence-corrected chi connectivity index (χ3v) is 2.85. The molecule has 0 aliphatic rings. The third kappa shape index (κ3) is 3.98. The lowest BCUT2D eigenvalue weighted by Crippen LogP contribution is -2.19. The number of benzene rings is 1. The van der Waals surface area contributed by atoms with Gasteiger partial charge in [-0.2, -0.15) is 0 Å². The summed E-state index contributed by atoms with van der Waals surface area (Å²) in [6.45, 7) is 0.0943. The van der Waals surface area contributed by atoms with Crippen LogP contribution >= 0.6 is 15.9 Å². The fourth-order valence-corrected chi connectivity index (χ4v) is 1.71. The van der Waals surface area contributed by atoms with E-state index >= 15 is 0 Å². The van der Waals surface area contributed by atoms with Crippen LogP contribution in [-0.2, 0) is 0 Å². The van der Waals surface area contributed by atoms with Crippen LogP contribution in [0.2, 0.25) is 0 Å². The first-order chi connectivity index (χ1) is 8.06. The lowest BCUT2D eigenvalue weighted by molar-refractivity contribution is 0.0149. The van der Waals surface area contributed by atoms with Gasteiger partial charge in [0.1, 0.15) is 11.9 Å². The van der Waals surface area contributed by atoms with Crippen molar-refractivity contribution in [3.05, 3.63) is 44.5 Å². The lowest BCUT2D eigenvalue weighted by atomic mass is 10.0. The van der Waals surface area contributed by atoms with E-state index in [1.54, 1.807) is 0 Å². The van der Waals surface area contributed by atoms with Crippen LogP contribution in [0.4, 0.5) is 4.39 Å². The molecule has 2 atom stereocenters. The van der Waals surface area contributed by atoms with Crippen molar-refractivity contribution < 1.29 is 14.6 Å². The number of halogens is 2. The fourth-order valence-electron chi connectivity index (χ4n) is 1.31. The van der Waals surface area contributed by atoms with E-state index in [1.165, 1.54) is 18.2 Å². The highest BCUT2D eigenvalue weighted by molar-refractivity contribution is 9.10. The highest BCUT2D eigenvalue weighted by Crippen LogP contribution is 2.24. The van der Waals surface area contributed by atoms with E-state index in [0.717, 1.165) is 0 Å². The fraction of sp³-hybridized carbons (Fsp3) is 0.400. The maximum Gasteiger partial charge on any atom is 0.137 e. The predicted octanol–water partition coefficient (Wildman–Crippen LogP) is 2.68. The monoisotopic (exact) mass is 303 g/mol. The molecule has 0 saturated heterocycles. The molecule has 0 amide bonds. The van der Waals surface area contributed by atoms with Crippen LogP contribution < -0.4 is 0 Å². The van der Waals surface area contributed by atoms with Crippen molar-refractivity contribution in [3.8, 4) is 0 Å². The first-order valence-corrected chi connectivity index (χ1v) is 5.67. The lowest BCUT2D eigenvalue weighted by Gasteiger charge is -2.17. The van der Waals surface area contributed by atoms with Crippen LogP contribution in [0.3, 0.4) is 0 Å². The summed E-state index contributed by atoms with van der Waals surface area (Å²) < 4.78 is 13.2. The van der Waals surface area contributed by atoms with Crippen LogP contribution in [0, 0.1) is 5.82 Å². The Kier molecular flexibility index (Phi) is 5.37. The van der Waals surface area contributed by atoms with Gasteiger partial charge in [0.05, 0.1) is 10.6 Å². The van der Waals surface area contributed by atoms with Gasteiger partial charge in [-0.05, 0) is 45.6 Å². The minimum Gasteiger partial charge on any atom is -0.390 e. The van der Waals surface area contributed by atoms with Crippen molar-refractivity contribution in [2.24, 2.45) is 5.11 Å². The molecule has 0 bridgehead atoms. The molecule has 0 heterocycles. The molecule has 7 heteroatoms. The van der Waals surface area contributed by atoms with Gasteiger partial charge in [-0.1, -0.05) is 11.2 Å². The second-order valence-corrected chi connectivity index (χ2v) is 4.28. The number of hydrogen-bond acceptors (Lipinski definition) is 3. The highest BCUT2D eigenvalue weighted by atomic mass is 79.9. The van der Waals surface area contributed by atoms with Gasteiger partial charge in [-0.15, -0.1) is 0 Å². The summed E-state index contributed by atoms with van der Waals surface area (Å²) in [4.78, 5) is 2.54. The first kappa shape index (κ1) is 13.9. The van der Waals surface area contributed by atoms with Gasteiger partial charge in [-0.3, -0.25) is 0 Å². The Hall–Kier alpha value is -1.14. The first-order valence-electron chi connectivity index (χ1n) is 4.88. The molecule has 92 valence electrons. The average Bonchev–Trinajstić information content (AvgIpc) is 2.32. The Bertz CT molecular complexity index is 438. The van der Waals surface area contributed by atoms with Crippen LogP contribution in [0.15, 0.2) is 27.8 Å². The van der Waals surface area contributed by atoms with Crippen molar-refractivity contribution in [2.75, 3.05) is 6.54 Å². The van der Waals surface area contributed by atoms with E-state index in [1.807, 2.05) is 0 Å². The van der Waals surface area contributed by atoms with Crippen molar-refractivity contribution in [2.45, 2.75) is 18.6 Å². The number of aliphatic hydroxyl groups excluding tert-OH is 2. The molecule has 0 aliphatic carbocycles. The third-order valence-electron chi connectivity index (χ3n) is 2.24. The van der Waals surface area contributed by atoms with E-state index in [4.69, 9.17) is 5.53 Å². The van der Waals surface area contributed by atoms with Gasteiger partial charge in [0, 0.05) is 11.5 Å². The van der Waals surface area contributed by atoms with E-state index in [2.05, 4.69) is 26.0 Å². The number of rotatable bonds is 5. The molecule has 1 aromatic carbocycles. The van der Waals surface area contributed by atoms with E-state index < -0.39 is 18.0 Å². The molecule has 0 aromatic heterocycles. The standard InChI is InChI=1S/C10H11BrFN3O2/c11-7-5-6(1-2-8(7)12)10(17)9(16)3-4-14-15-13/h1-2,5,9-10,16-17H,3-4H2. The predicted molar refractivity (Wildman–Crippen MR) is 63.7 cm³/mol. The van der Waals surface area contributed by atoms with Gasteiger partial charge >= 0.3 is 0 Å². The van der Waals surface area contributed by atoms with Crippen molar-refractivity contribution >= 4 is 15.9 Å². The molecule has 2 unspecified atom stereocenters. The Morgan fingerprint density at radius 2 is 2.18 bits per heavy atom. The van der Waals surface area contributed by atoms with E-state index in [9.17, 15) is 14.6 Å². The number of azide groups is 1. The van der Waals surface area contributed by atoms with Crippen molar-refractivity contribution in [1.29, 1.82) is 0 Å². The zero-order valence-corrected chi connectivity index (χ0v) is 10.4. The molecule has 1 aromatic rings. The van der Waals surface area contributed by atoms with Crippen molar-refractivity contribution in [3.63, 3.8) is 0 Å². The van der Waals surface area contributed by atoms with E-state index in [0.29, 0.717) is 5.56 Å². The molecule has 0 fully saturated rings. The molecule has 17 heavy (non-hydrogen) atoms. The van der Waals surface area contributed by atoms with E-state index in [-0.39, 0.29) is 17.4 Å². The minimum atomic E-state index is -1.14. The normalized spacial score (nSPS) is 13.9. The second kappa shape index (κ2) is 6.56. The summed E-state index contributed by atoms with van der Waals surface area (Å²) >= 11 is 2.99. The van der Waals surface area contributed by atoms with Gasteiger partial charge in [0.2, 0.25) is 0 Å². The summed E-state index contributed by atoms with van der Waals surface area (Å²) in [6, 6.07) is 3.99. The van der Waals surface area contributed by atoms with Gasteiger partial charge in [0.25, 0.3) is 0 Å².